The standard InChI is InChI=1S/C35H40N6O4S/c1-4-26(45-27-13-7-5-8-14-27)20-23(2)24(3)41-28-15-16-36-34-30(28)31(38-35(41)44)32(46-34)33(43)37-25-12-11-19-40(21-25)29(42)22-39-17-9-6-10-18-39/h4-5,7-8,13-16,20,25H,1,6,9-12,17-19,21-22H2,2-3H3,(H,37,43)(H,38,44)/b24-23+,26-20+/t25-/m1/s1. The molecule has 2 N–H and O–H groups in total. The second kappa shape index (κ2) is 13.9. The number of piperidine rings is 2. The fraction of sp³-hybridized carbons (Fsp3) is 0.371. The molecule has 0 spiro atoms. The lowest BCUT2D eigenvalue weighted by atomic mass is 10.0. The number of likely N-dealkylation sites (tertiary alicyclic amines) is 2. The number of benzene rings is 1. The molecule has 0 saturated carbocycles. The molecule has 0 radical (unpaired) electrons. The van der Waals surface area contributed by atoms with Crippen LogP contribution in [0.4, 0.5) is 16.2 Å². The molecule has 0 aliphatic carbocycles. The molecule has 0 bridgehead atoms. The predicted molar refractivity (Wildman–Crippen MR) is 182 cm³/mol. The number of carbonyl (C=O) groups is 3. The van der Waals surface area contributed by atoms with Gasteiger partial charge in [-0.3, -0.25) is 19.4 Å². The van der Waals surface area contributed by atoms with Crippen LogP contribution in [0.3, 0.4) is 0 Å². The Hall–Kier alpha value is -4.48. The number of aromatic nitrogens is 1. The summed E-state index contributed by atoms with van der Waals surface area (Å²) in [5.41, 5.74) is 2.62. The lowest BCUT2D eigenvalue weighted by Gasteiger charge is -2.35. The third kappa shape index (κ3) is 6.70. The molecule has 1 aromatic carbocycles. The molecule has 5 heterocycles. The van der Waals surface area contributed by atoms with E-state index in [2.05, 4.69) is 27.1 Å². The van der Waals surface area contributed by atoms with E-state index < -0.39 is 0 Å². The van der Waals surface area contributed by atoms with Crippen LogP contribution in [0.1, 0.15) is 55.6 Å². The molecule has 11 heteroatoms. The predicted octanol–water partition coefficient (Wildman–Crippen LogP) is 6.30. The van der Waals surface area contributed by atoms with Crippen molar-refractivity contribution in [2.45, 2.75) is 52.0 Å². The van der Waals surface area contributed by atoms with Crippen molar-refractivity contribution < 1.29 is 19.1 Å². The zero-order valence-corrected chi connectivity index (χ0v) is 27.2. The molecule has 3 aromatic rings. The smallest absolute Gasteiger partial charge is 0.330 e. The van der Waals surface area contributed by atoms with Gasteiger partial charge in [0.25, 0.3) is 5.91 Å². The van der Waals surface area contributed by atoms with Crippen LogP contribution in [0.5, 0.6) is 5.75 Å². The van der Waals surface area contributed by atoms with E-state index in [-0.39, 0.29) is 23.9 Å². The van der Waals surface area contributed by atoms with Crippen molar-refractivity contribution in [1.82, 2.24) is 20.1 Å². The number of nitrogens with one attached hydrogen (secondary N) is 2. The fourth-order valence-corrected chi connectivity index (χ4v) is 7.33. The van der Waals surface area contributed by atoms with E-state index in [4.69, 9.17) is 4.74 Å². The molecule has 46 heavy (non-hydrogen) atoms. The highest BCUT2D eigenvalue weighted by Crippen LogP contribution is 2.44. The zero-order valence-electron chi connectivity index (χ0n) is 26.4. The van der Waals surface area contributed by atoms with Crippen LogP contribution in [0.15, 0.2) is 78.4 Å². The van der Waals surface area contributed by atoms with Gasteiger partial charge in [0.15, 0.2) is 0 Å². The number of anilines is 2. The topological polar surface area (TPSA) is 107 Å². The van der Waals surface area contributed by atoms with Gasteiger partial charge < -0.3 is 20.3 Å². The number of urea groups is 1. The second-order valence-corrected chi connectivity index (χ2v) is 13.0. The molecule has 6 rings (SSSR count). The normalized spacial score (nSPS) is 19.4. The van der Waals surface area contributed by atoms with Gasteiger partial charge in [-0.1, -0.05) is 31.2 Å². The SMILES string of the molecule is C=C/C(=C\C(C)=C(/C)N1C(=O)Nc2c(C(=O)N[C@@H]3CCCN(C(=O)CN4CCCCC4)C3)sc3nccc1c23)Oc1ccccc1. The number of hydrogen-bond donors (Lipinski definition) is 2. The molecule has 4 amide bonds. The van der Waals surface area contributed by atoms with Gasteiger partial charge in [-0.15, -0.1) is 11.3 Å². The highest BCUT2D eigenvalue weighted by molar-refractivity contribution is 7.21. The minimum atomic E-state index is -0.367. The van der Waals surface area contributed by atoms with Crippen molar-refractivity contribution in [1.29, 1.82) is 0 Å². The largest absolute Gasteiger partial charge is 0.457 e. The van der Waals surface area contributed by atoms with Crippen molar-refractivity contribution in [3.63, 3.8) is 0 Å². The summed E-state index contributed by atoms with van der Waals surface area (Å²) in [6, 6.07) is 10.7. The molecule has 3 aliphatic heterocycles. The lowest BCUT2D eigenvalue weighted by Crippen LogP contribution is -2.52. The van der Waals surface area contributed by atoms with E-state index in [1.54, 1.807) is 23.2 Å². The Morgan fingerprint density at radius 3 is 2.65 bits per heavy atom. The molecule has 2 saturated heterocycles. The summed E-state index contributed by atoms with van der Waals surface area (Å²) < 4.78 is 5.97. The van der Waals surface area contributed by atoms with Crippen molar-refractivity contribution in [3.8, 4) is 5.75 Å². The molecule has 0 unspecified atom stereocenters. The van der Waals surface area contributed by atoms with Crippen LogP contribution in [0.25, 0.3) is 10.2 Å². The number of nitrogens with zero attached hydrogens (tertiary/aromatic N) is 4. The Morgan fingerprint density at radius 2 is 1.89 bits per heavy atom. The molecule has 2 fully saturated rings. The van der Waals surface area contributed by atoms with Gasteiger partial charge in [-0.05, 0) is 88.5 Å². The minimum absolute atomic E-state index is 0.124. The third-order valence-corrected chi connectivity index (χ3v) is 9.91. The Bertz CT molecular complexity index is 1710. The maximum atomic E-state index is 13.7. The van der Waals surface area contributed by atoms with E-state index in [1.807, 2.05) is 55.2 Å². The van der Waals surface area contributed by atoms with Gasteiger partial charge in [-0.25, -0.2) is 9.78 Å². The van der Waals surface area contributed by atoms with Crippen LogP contribution in [0, 0.1) is 0 Å². The Labute approximate surface area is 273 Å². The van der Waals surface area contributed by atoms with E-state index in [9.17, 15) is 14.4 Å². The summed E-state index contributed by atoms with van der Waals surface area (Å²) in [4.78, 5) is 51.7. The highest BCUT2D eigenvalue weighted by Gasteiger charge is 2.34. The lowest BCUT2D eigenvalue weighted by molar-refractivity contribution is -0.134. The first kappa shape index (κ1) is 31.5. The molecular formula is C35H40N6O4S. The molecule has 10 nitrogen and oxygen atoms in total. The van der Waals surface area contributed by atoms with E-state index in [0.29, 0.717) is 57.9 Å². The minimum Gasteiger partial charge on any atom is -0.457 e. The third-order valence-electron chi connectivity index (χ3n) is 8.81. The van der Waals surface area contributed by atoms with Crippen LogP contribution in [-0.4, -0.2) is 71.4 Å². The van der Waals surface area contributed by atoms with Crippen molar-refractivity contribution in [2.24, 2.45) is 0 Å². The van der Waals surface area contributed by atoms with Crippen LogP contribution >= 0.6 is 11.3 Å². The van der Waals surface area contributed by atoms with E-state index in [1.165, 1.54) is 17.8 Å². The van der Waals surface area contributed by atoms with Crippen LogP contribution < -0.4 is 20.3 Å². The van der Waals surface area contributed by atoms with Gasteiger partial charge in [-0.2, -0.15) is 0 Å². The summed E-state index contributed by atoms with van der Waals surface area (Å²) in [6.07, 6.45) is 10.3. The van der Waals surface area contributed by atoms with Crippen LogP contribution in [0.2, 0.25) is 0 Å². The number of amides is 4. The van der Waals surface area contributed by atoms with Gasteiger partial charge in [0, 0.05) is 31.0 Å². The number of allylic oxidation sites excluding steroid dienone is 4. The van der Waals surface area contributed by atoms with Crippen LogP contribution in [-0.2, 0) is 4.79 Å². The van der Waals surface area contributed by atoms with Crippen molar-refractivity contribution >= 4 is 50.8 Å². The average Bonchev–Trinajstić information content (AvgIpc) is 3.44. The van der Waals surface area contributed by atoms with Gasteiger partial charge >= 0.3 is 6.03 Å². The Morgan fingerprint density at radius 1 is 1.11 bits per heavy atom. The summed E-state index contributed by atoms with van der Waals surface area (Å²) in [6.45, 7) is 11.2. The number of carbonyl (C=O) groups excluding carboxylic acids is 3. The maximum Gasteiger partial charge on any atom is 0.330 e. The molecule has 1 atom stereocenters. The summed E-state index contributed by atoms with van der Waals surface area (Å²) >= 11 is 1.26. The maximum absolute atomic E-state index is 13.7. The number of hydrogen-bond acceptors (Lipinski definition) is 7. The van der Waals surface area contributed by atoms with Crippen molar-refractivity contribution in [2.75, 3.05) is 42.9 Å². The fourth-order valence-electron chi connectivity index (χ4n) is 6.31. The highest BCUT2D eigenvalue weighted by atomic mass is 32.1. The number of thiophene rings is 1. The average molecular weight is 641 g/mol. The summed E-state index contributed by atoms with van der Waals surface area (Å²) in [5.74, 6) is 1.09. The Balaban J connectivity index is 1.20. The number of pyridine rings is 1. The quantitative estimate of drug-likeness (QED) is 0.210. The first-order valence-electron chi connectivity index (χ1n) is 15.9. The number of rotatable bonds is 9. The molecule has 3 aliphatic rings. The van der Waals surface area contributed by atoms with E-state index >= 15 is 0 Å². The van der Waals surface area contributed by atoms with E-state index in [0.717, 1.165) is 49.7 Å². The first-order valence-corrected chi connectivity index (χ1v) is 16.7. The first-order chi connectivity index (χ1) is 22.3. The second-order valence-electron chi connectivity index (χ2n) is 12.0. The van der Waals surface area contributed by atoms with Crippen molar-refractivity contribution in [3.05, 3.63) is 83.2 Å². The molecular weight excluding hydrogens is 600 g/mol. The summed E-state index contributed by atoms with van der Waals surface area (Å²) in [7, 11) is 0. The van der Waals surface area contributed by atoms with Gasteiger partial charge in [0.05, 0.1) is 23.3 Å². The number of para-hydroxylation sites is 1. The molecule has 240 valence electrons. The number of ether oxygens (including phenoxy) is 1. The zero-order chi connectivity index (χ0) is 32.2. The molecule has 2 aromatic heterocycles. The van der Waals surface area contributed by atoms with Gasteiger partial charge in [0.2, 0.25) is 5.91 Å². The monoisotopic (exact) mass is 640 g/mol. The summed E-state index contributed by atoms with van der Waals surface area (Å²) in [5, 5.41) is 6.85. The van der Waals surface area contributed by atoms with Gasteiger partial charge in [0.1, 0.15) is 21.2 Å². The Kier molecular flexibility index (Phi) is 9.51.